The van der Waals surface area contributed by atoms with E-state index >= 15 is 0 Å². The molecular weight excluding hydrogens is 299 g/mol. The zero-order chi connectivity index (χ0) is 13.2. The highest BCUT2D eigenvalue weighted by atomic mass is 79.9. The number of aliphatic hydroxyl groups is 1. The Morgan fingerprint density at radius 3 is 2.35 bits per heavy atom. The van der Waals surface area contributed by atoms with Crippen molar-refractivity contribution in [1.29, 1.82) is 0 Å². The van der Waals surface area contributed by atoms with Gasteiger partial charge >= 0.3 is 6.18 Å². The Hall–Kier alpha value is -0.750. The molecule has 0 amide bonds. The number of aliphatic hydroxyl groups excluding tert-OH is 1. The third kappa shape index (κ3) is 3.89. The van der Waals surface area contributed by atoms with Crippen molar-refractivity contribution in [2.75, 3.05) is 5.32 Å². The fraction of sp³-hybridized carbons (Fsp3) is 0.455. The molecule has 0 aliphatic heterocycles. The largest absolute Gasteiger partial charge is 0.418 e. The molecule has 0 aliphatic rings. The van der Waals surface area contributed by atoms with Crippen LogP contribution in [-0.2, 0) is 6.18 Å². The Bertz CT molecular complexity index is 393. The van der Waals surface area contributed by atoms with Gasteiger partial charge < -0.3 is 10.4 Å². The summed E-state index contributed by atoms with van der Waals surface area (Å²) < 4.78 is 38.6. The molecule has 17 heavy (non-hydrogen) atoms. The first-order chi connectivity index (χ1) is 7.71. The third-order valence-electron chi connectivity index (χ3n) is 2.39. The van der Waals surface area contributed by atoms with Crippen LogP contribution in [0.5, 0.6) is 0 Å². The van der Waals surface area contributed by atoms with Crippen LogP contribution in [-0.4, -0.2) is 17.3 Å². The quantitative estimate of drug-likeness (QED) is 0.893. The van der Waals surface area contributed by atoms with E-state index in [2.05, 4.69) is 21.2 Å². The molecule has 0 radical (unpaired) electrons. The van der Waals surface area contributed by atoms with Crippen molar-refractivity contribution in [2.24, 2.45) is 0 Å². The Balaban J connectivity index is 3.07. The van der Waals surface area contributed by atoms with E-state index in [1.165, 1.54) is 19.1 Å². The van der Waals surface area contributed by atoms with Crippen LogP contribution in [0.15, 0.2) is 22.7 Å². The number of anilines is 1. The van der Waals surface area contributed by atoms with Crippen LogP contribution < -0.4 is 5.32 Å². The van der Waals surface area contributed by atoms with Gasteiger partial charge in [0.25, 0.3) is 0 Å². The molecule has 0 saturated heterocycles. The van der Waals surface area contributed by atoms with Crippen molar-refractivity contribution >= 4 is 21.6 Å². The van der Waals surface area contributed by atoms with Crippen LogP contribution in [0.4, 0.5) is 18.9 Å². The lowest BCUT2D eigenvalue weighted by Gasteiger charge is -2.21. The molecule has 0 bridgehead atoms. The van der Waals surface area contributed by atoms with E-state index < -0.39 is 23.9 Å². The normalized spacial score (nSPS) is 15.5. The highest BCUT2D eigenvalue weighted by molar-refractivity contribution is 9.10. The molecule has 1 rings (SSSR count). The summed E-state index contributed by atoms with van der Waals surface area (Å²) in [6, 6.07) is 3.41. The summed E-state index contributed by atoms with van der Waals surface area (Å²) in [7, 11) is 0. The summed E-state index contributed by atoms with van der Waals surface area (Å²) in [5.41, 5.74) is -0.784. The second-order valence-electron chi connectivity index (χ2n) is 3.86. The first-order valence-corrected chi connectivity index (χ1v) is 5.82. The zero-order valence-corrected chi connectivity index (χ0v) is 10.9. The Kier molecular flexibility index (Phi) is 4.43. The van der Waals surface area contributed by atoms with E-state index in [4.69, 9.17) is 0 Å². The lowest BCUT2D eigenvalue weighted by molar-refractivity contribution is -0.137. The van der Waals surface area contributed by atoms with Gasteiger partial charge in [-0.05, 0) is 32.0 Å². The second-order valence-corrected chi connectivity index (χ2v) is 4.78. The molecule has 0 fully saturated rings. The maximum absolute atomic E-state index is 12.8. The first kappa shape index (κ1) is 14.3. The summed E-state index contributed by atoms with van der Waals surface area (Å²) in [6.45, 7) is 3.14. The van der Waals surface area contributed by atoms with Crippen molar-refractivity contribution in [3.8, 4) is 0 Å². The molecule has 1 aromatic carbocycles. The van der Waals surface area contributed by atoms with E-state index in [1.807, 2.05) is 0 Å². The molecule has 0 saturated carbocycles. The number of hydrogen-bond donors (Lipinski definition) is 2. The van der Waals surface area contributed by atoms with Crippen molar-refractivity contribution in [3.63, 3.8) is 0 Å². The molecule has 2 nitrogen and oxygen atoms in total. The van der Waals surface area contributed by atoms with Gasteiger partial charge in [-0.3, -0.25) is 0 Å². The maximum Gasteiger partial charge on any atom is 0.418 e. The number of hydrogen-bond acceptors (Lipinski definition) is 2. The maximum atomic E-state index is 12.8. The molecule has 0 aliphatic carbocycles. The minimum absolute atomic E-state index is 0.0332. The number of nitrogens with one attached hydrogen (secondary N) is 1. The van der Waals surface area contributed by atoms with Crippen molar-refractivity contribution in [1.82, 2.24) is 0 Å². The minimum atomic E-state index is -4.43. The number of rotatable bonds is 3. The smallest absolute Gasteiger partial charge is 0.391 e. The van der Waals surface area contributed by atoms with Crippen molar-refractivity contribution < 1.29 is 18.3 Å². The monoisotopic (exact) mass is 311 g/mol. The van der Waals surface area contributed by atoms with Crippen LogP contribution in [0.2, 0.25) is 0 Å². The van der Waals surface area contributed by atoms with Crippen LogP contribution in [0.1, 0.15) is 19.4 Å². The Labute approximate surface area is 106 Å². The van der Waals surface area contributed by atoms with Crippen LogP contribution in [0.25, 0.3) is 0 Å². The topological polar surface area (TPSA) is 32.3 Å². The van der Waals surface area contributed by atoms with Gasteiger partial charge in [0.05, 0.1) is 11.7 Å². The first-order valence-electron chi connectivity index (χ1n) is 5.03. The molecule has 96 valence electrons. The van der Waals surface area contributed by atoms with Gasteiger partial charge in [0, 0.05) is 16.2 Å². The molecule has 2 atom stereocenters. The van der Waals surface area contributed by atoms with Gasteiger partial charge in [-0.25, -0.2) is 0 Å². The summed E-state index contributed by atoms with van der Waals surface area (Å²) in [4.78, 5) is 0. The zero-order valence-electron chi connectivity index (χ0n) is 9.35. The average molecular weight is 312 g/mol. The van der Waals surface area contributed by atoms with Gasteiger partial charge in [-0.15, -0.1) is 0 Å². The van der Waals surface area contributed by atoms with Crippen molar-refractivity contribution in [2.45, 2.75) is 32.2 Å². The van der Waals surface area contributed by atoms with Gasteiger partial charge in [0.2, 0.25) is 0 Å². The second kappa shape index (κ2) is 5.27. The van der Waals surface area contributed by atoms with Gasteiger partial charge in [-0.1, -0.05) is 15.9 Å². The molecular formula is C11H13BrF3NO. The predicted octanol–water partition coefficient (Wildman–Crippen LogP) is 3.65. The number of halogens is 4. The van der Waals surface area contributed by atoms with E-state index in [0.29, 0.717) is 4.47 Å². The molecule has 0 heterocycles. The fourth-order valence-corrected chi connectivity index (χ4v) is 1.60. The van der Waals surface area contributed by atoms with Gasteiger partial charge in [-0.2, -0.15) is 13.2 Å². The standard InChI is InChI=1S/C11H13BrF3NO/c1-6(7(2)17)16-10-4-3-8(12)5-9(10)11(13,14)15/h3-7,16-17H,1-2H3. The number of benzene rings is 1. The van der Waals surface area contributed by atoms with Crippen LogP contribution in [0, 0.1) is 0 Å². The molecule has 1 aromatic rings. The fourth-order valence-electron chi connectivity index (χ4n) is 1.24. The minimum Gasteiger partial charge on any atom is -0.391 e. The molecule has 2 unspecified atom stereocenters. The average Bonchev–Trinajstić information content (AvgIpc) is 2.18. The van der Waals surface area contributed by atoms with E-state index in [-0.39, 0.29) is 5.69 Å². The molecule has 2 N–H and O–H groups in total. The van der Waals surface area contributed by atoms with Gasteiger partial charge in [0.15, 0.2) is 0 Å². The lowest BCUT2D eigenvalue weighted by atomic mass is 10.1. The summed E-state index contributed by atoms with van der Waals surface area (Å²) >= 11 is 3.01. The molecule has 0 aromatic heterocycles. The lowest BCUT2D eigenvalue weighted by Crippen LogP contribution is -2.29. The SMILES string of the molecule is CC(O)C(C)Nc1ccc(Br)cc1C(F)(F)F. The number of alkyl halides is 3. The van der Waals surface area contributed by atoms with Crippen LogP contribution >= 0.6 is 15.9 Å². The highest BCUT2D eigenvalue weighted by Crippen LogP contribution is 2.36. The molecule has 6 heteroatoms. The molecule has 0 spiro atoms. The van der Waals surface area contributed by atoms with Crippen LogP contribution in [0.3, 0.4) is 0 Å². The van der Waals surface area contributed by atoms with E-state index in [9.17, 15) is 18.3 Å². The summed E-state index contributed by atoms with van der Waals surface area (Å²) in [6.07, 6.45) is -5.16. The highest BCUT2D eigenvalue weighted by Gasteiger charge is 2.34. The van der Waals surface area contributed by atoms with E-state index in [0.717, 1.165) is 6.07 Å². The Morgan fingerprint density at radius 1 is 1.29 bits per heavy atom. The summed E-state index contributed by atoms with van der Waals surface area (Å²) in [5.74, 6) is 0. The van der Waals surface area contributed by atoms with E-state index in [1.54, 1.807) is 6.92 Å². The van der Waals surface area contributed by atoms with Gasteiger partial charge in [0.1, 0.15) is 0 Å². The predicted molar refractivity (Wildman–Crippen MR) is 63.9 cm³/mol. The Morgan fingerprint density at radius 2 is 1.88 bits per heavy atom. The summed E-state index contributed by atoms with van der Waals surface area (Å²) in [5, 5.41) is 11.9. The van der Waals surface area contributed by atoms with Crippen molar-refractivity contribution in [3.05, 3.63) is 28.2 Å². The third-order valence-corrected chi connectivity index (χ3v) is 2.89.